The van der Waals surface area contributed by atoms with E-state index in [1.165, 1.54) is 0 Å². The first-order chi connectivity index (χ1) is 12.0. The van der Waals surface area contributed by atoms with E-state index >= 15 is 0 Å². The van der Waals surface area contributed by atoms with Crippen LogP contribution in [0.3, 0.4) is 0 Å². The first-order valence-electron chi connectivity index (χ1n) is 8.75. The van der Waals surface area contributed by atoms with E-state index in [1.54, 1.807) is 20.8 Å². The van der Waals surface area contributed by atoms with Crippen LogP contribution in [0.25, 0.3) is 0 Å². The maximum Gasteiger partial charge on any atom is 0.340 e. The minimum atomic E-state index is -0.394. The predicted molar refractivity (Wildman–Crippen MR) is 95.6 cm³/mol. The van der Waals surface area contributed by atoms with Gasteiger partial charge in [-0.15, -0.1) is 0 Å². The average Bonchev–Trinajstić information content (AvgIpc) is 3.38. The van der Waals surface area contributed by atoms with E-state index in [0.29, 0.717) is 35.0 Å². The number of ether oxygens (including phenoxy) is 1. The van der Waals surface area contributed by atoms with Crippen molar-refractivity contribution in [3.05, 3.63) is 58.4 Å². The lowest BCUT2D eigenvalue weighted by atomic mass is 10.0. The van der Waals surface area contributed by atoms with E-state index in [9.17, 15) is 9.59 Å². The molecule has 1 amide bonds. The number of carbonyl (C=O) groups excluding carboxylic acids is 2. The average molecular weight is 340 g/mol. The third-order valence-corrected chi connectivity index (χ3v) is 4.68. The maximum atomic E-state index is 12.8. The van der Waals surface area contributed by atoms with E-state index in [-0.39, 0.29) is 11.9 Å². The van der Waals surface area contributed by atoms with E-state index in [2.05, 4.69) is 10.3 Å². The summed E-state index contributed by atoms with van der Waals surface area (Å²) < 4.78 is 5.09. The van der Waals surface area contributed by atoms with Crippen LogP contribution in [0.5, 0.6) is 0 Å². The van der Waals surface area contributed by atoms with Crippen LogP contribution in [0.1, 0.15) is 63.5 Å². The van der Waals surface area contributed by atoms with Gasteiger partial charge in [0, 0.05) is 5.69 Å². The van der Waals surface area contributed by atoms with Gasteiger partial charge in [0.25, 0.3) is 5.91 Å². The van der Waals surface area contributed by atoms with Crippen LogP contribution in [-0.4, -0.2) is 23.5 Å². The van der Waals surface area contributed by atoms with Gasteiger partial charge in [0.2, 0.25) is 0 Å². The van der Waals surface area contributed by atoms with Crippen molar-refractivity contribution in [2.24, 2.45) is 5.92 Å². The zero-order chi connectivity index (χ0) is 18.0. The molecule has 1 heterocycles. The van der Waals surface area contributed by atoms with Crippen LogP contribution in [-0.2, 0) is 4.74 Å². The van der Waals surface area contributed by atoms with Gasteiger partial charge in [-0.25, -0.2) is 4.79 Å². The van der Waals surface area contributed by atoms with Crippen molar-refractivity contribution in [1.29, 1.82) is 0 Å². The molecule has 1 aromatic carbocycles. The highest BCUT2D eigenvalue weighted by Crippen LogP contribution is 2.41. The Morgan fingerprint density at radius 1 is 1.24 bits per heavy atom. The fourth-order valence-electron chi connectivity index (χ4n) is 3.26. The fraction of sp³-hybridized carbons (Fsp3) is 0.400. The molecule has 0 aliphatic heterocycles. The molecule has 1 fully saturated rings. The number of aromatic amines is 1. The molecule has 5 nitrogen and oxygen atoms in total. The molecule has 3 rings (SSSR count). The summed E-state index contributed by atoms with van der Waals surface area (Å²) in [5, 5.41) is 3.14. The number of amides is 1. The van der Waals surface area contributed by atoms with Crippen LogP contribution in [0.15, 0.2) is 30.3 Å². The first-order valence-corrected chi connectivity index (χ1v) is 8.75. The van der Waals surface area contributed by atoms with Gasteiger partial charge in [0.1, 0.15) is 5.69 Å². The lowest BCUT2D eigenvalue weighted by Gasteiger charge is -2.18. The standard InChI is InChI=1S/C20H24N2O3/c1-4-25-20(24)16-12(2)17(21-13(16)3)19(23)22-18(15-10-11-15)14-8-6-5-7-9-14/h5-9,15,18,21H,4,10-11H2,1-3H3,(H,22,23). The third-order valence-electron chi connectivity index (χ3n) is 4.68. The van der Waals surface area contributed by atoms with Gasteiger partial charge in [-0.1, -0.05) is 30.3 Å². The summed E-state index contributed by atoms with van der Waals surface area (Å²) in [6.07, 6.45) is 2.24. The second-order valence-electron chi connectivity index (χ2n) is 6.54. The van der Waals surface area contributed by atoms with Gasteiger partial charge in [0.15, 0.2) is 0 Å². The molecule has 2 aromatic rings. The molecular formula is C20H24N2O3. The van der Waals surface area contributed by atoms with Gasteiger partial charge in [0.05, 0.1) is 18.2 Å². The molecule has 5 heteroatoms. The van der Waals surface area contributed by atoms with Gasteiger partial charge in [-0.2, -0.15) is 0 Å². The summed E-state index contributed by atoms with van der Waals surface area (Å²) in [5.41, 5.74) is 3.29. The SMILES string of the molecule is CCOC(=O)c1c(C)[nH]c(C(=O)NC(c2ccccc2)C2CC2)c1C. The van der Waals surface area contributed by atoms with Crippen LogP contribution in [0.2, 0.25) is 0 Å². The van der Waals surface area contributed by atoms with Gasteiger partial charge in [-0.3, -0.25) is 4.79 Å². The molecule has 0 bridgehead atoms. The van der Waals surface area contributed by atoms with E-state index < -0.39 is 5.97 Å². The summed E-state index contributed by atoms with van der Waals surface area (Å²) in [7, 11) is 0. The lowest BCUT2D eigenvalue weighted by molar-refractivity contribution is 0.0525. The summed E-state index contributed by atoms with van der Waals surface area (Å²) in [6.45, 7) is 5.63. The Balaban J connectivity index is 1.83. The number of rotatable bonds is 6. The van der Waals surface area contributed by atoms with E-state index in [1.807, 2.05) is 30.3 Å². The number of H-pyrrole nitrogens is 1. The topological polar surface area (TPSA) is 71.2 Å². The van der Waals surface area contributed by atoms with Crippen molar-refractivity contribution in [1.82, 2.24) is 10.3 Å². The van der Waals surface area contributed by atoms with Gasteiger partial charge in [-0.05, 0) is 50.7 Å². The third kappa shape index (κ3) is 3.60. The van der Waals surface area contributed by atoms with Gasteiger partial charge < -0.3 is 15.0 Å². The normalized spacial score (nSPS) is 14.8. The molecule has 1 atom stereocenters. The summed E-state index contributed by atoms with van der Waals surface area (Å²) in [6, 6.07) is 10.0. The first kappa shape index (κ1) is 17.3. The van der Waals surface area contributed by atoms with Crippen molar-refractivity contribution >= 4 is 11.9 Å². The van der Waals surface area contributed by atoms with Gasteiger partial charge >= 0.3 is 5.97 Å². The lowest BCUT2D eigenvalue weighted by Crippen LogP contribution is -2.30. The highest BCUT2D eigenvalue weighted by Gasteiger charge is 2.34. The zero-order valence-electron chi connectivity index (χ0n) is 14.9. The molecule has 0 spiro atoms. The Morgan fingerprint density at radius 3 is 2.52 bits per heavy atom. The minimum Gasteiger partial charge on any atom is -0.462 e. The number of aryl methyl sites for hydroxylation is 1. The monoisotopic (exact) mass is 340 g/mol. The van der Waals surface area contributed by atoms with Crippen LogP contribution in [0.4, 0.5) is 0 Å². The van der Waals surface area contributed by atoms with Crippen LogP contribution in [0, 0.1) is 19.8 Å². The Labute approximate surface area is 147 Å². The molecule has 1 aromatic heterocycles. The second kappa shape index (κ2) is 7.13. The highest BCUT2D eigenvalue weighted by atomic mass is 16.5. The number of esters is 1. The molecular weight excluding hydrogens is 316 g/mol. The molecule has 2 N–H and O–H groups in total. The largest absolute Gasteiger partial charge is 0.462 e. The second-order valence-corrected chi connectivity index (χ2v) is 6.54. The smallest absolute Gasteiger partial charge is 0.340 e. The van der Waals surface area contributed by atoms with Crippen LogP contribution < -0.4 is 5.32 Å². The van der Waals surface area contributed by atoms with Crippen molar-refractivity contribution in [3.8, 4) is 0 Å². The Kier molecular flexibility index (Phi) is 4.93. The molecule has 1 aliphatic rings. The molecule has 0 saturated heterocycles. The van der Waals surface area contributed by atoms with Crippen molar-refractivity contribution in [2.45, 2.75) is 39.7 Å². The number of benzene rings is 1. The Hall–Kier alpha value is -2.56. The number of hydrogen-bond donors (Lipinski definition) is 2. The molecule has 25 heavy (non-hydrogen) atoms. The van der Waals surface area contributed by atoms with Crippen LogP contribution >= 0.6 is 0 Å². The molecule has 1 unspecified atom stereocenters. The maximum absolute atomic E-state index is 12.8. The van der Waals surface area contributed by atoms with Crippen molar-refractivity contribution in [3.63, 3.8) is 0 Å². The number of aromatic nitrogens is 1. The summed E-state index contributed by atoms with van der Waals surface area (Å²) in [5.74, 6) is -0.0984. The number of hydrogen-bond acceptors (Lipinski definition) is 3. The van der Waals surface area contributed by atoms with E-state index in [4.69, 9.17) is 4.74 Å². The van der Waals surface area contributed by atoms with Crippen molar-refractivity contribution in [2.75, 3.05) is 6.61 Å². The number of nitrogens with one attached hydrogen (secondary N) is 2. The highest BCUT2D eigenvalue weighted by molar-refractivity contribution is 6.00. The molecule has 132 valence electrons. The minimum absolute atomic E-state index is 0.00255. The Morgan fingerprint density at radius 2 is 1.92 bits per heavy atom. The van der Waals surface area contributed by atoms with E-state index in [0.717, 1.165) is 18.4 Å². The van der Waals surface area contributed by atoms with Crippen molar-refractivity contribution < 1.29 is 14.3 Å². The fourth-order valence-corrected chi connectivity index (χ4v) is 3.26. The molecule has 1 aliphatic carbocycles. The quantitative estimate of drug-likeness (QED) is 0.788. The summed E-state index contributed by atoms with van der Waals surface area (Å²) >= 11 is 0. The molecule has 1 saturated carbocycles. The predicted octanol–water partition coefficient (Wildman–Crippen LogP) is 3.69. The Bertz CT molecular complexity index is 776. The number of carbonyl (C=O) groups is 2. The summed E-state index contributed by atoms with van der Waals surface area (Å²) in [4.78, 5) is 28.0. The molecule has 0 radical (unpaired) electrons. The zero-order valence-corrected chi connectivity index (χ0v) is 14.9.